The Labute approximate surface area is 90.0 Å². The van der Waals surface area contributed by atoms with Crippen molar-refractivity contribution in [2.75, 3.05) is 20.1 Å². The minimum atomic E-state index is -0.472. The van der Waals surface area contributed by atoms with Crippen LogP contribution < -0.4 is 16.0 Å². The average Bonchev–Trinajstić information content (AvgIpc) is 2.65. The number of likely N-dealkylation sites (N-methyl/N-ethyl adjacent to an activating group) is 1. The number of carbonyl (C=O) groups excluding carboxylic acids is 2. The normalized spacial score (nSPS) is 27.1. The lowest BCUT2D eigenvalue weighted by molar-refractivity contribution is -0.133. The van der Waals surface area contributed by atoms with Crippen molar-refractivity contribution >= 4 is 11.8 Å². The maximum absolute atomic E-state index is 11.9. The molecule has 1 heterocycles. The molecular formula is C10H19N3O2. The third-order valence-electron chi connectivity index (χ3n) is 2.90. The van der Waals surface area contributed by atoms with Crippen molar-refractivity contribution < 1.29 is 9.59 Å². The predicted molar refractivity (Wildman–Crippen MR) is 57.3 cm³/mol. The molecule has 5 heteroatoms. The minimum absolute atomic E-state index is 0.0522. The van der Waals surface area contributed by atoms with Gasteiger partial charge in [0.2, 0.25) is 11.8 Å². The fourth-order valence-electron chi connectivity index (χ4n) is 1.66. The van der Waals surface area contributed by atoms with E-state index in [0.29, 0.717) is 6.54 Å². The topological polar surface area (TPSA) is 70.2 Å². The van der Waals surface area contributed by atoms with Crippen LogP contribution in [-0.2, 0) is 9.59 Å². The van der Waals surface area contributed by atoms with Gasteiger partial charge in [0.25, 0.3) is 0 Å². The van der Waals surface area contributed by atoms with Crippen LogP contribution >= 0.6 is 0 Å². The van der Waals surface area contributed by atoms with Gasteiger partial charge in [-0.15, -0.1) is 0 Å². The maximum Gasteiger partial charge on any atom is 0.242 e. The lowest BCUT2D eigenvalue weighted by Gasteiger charge is -2.23. The van der Waals surface area contributed by atoms with Crippen LogP contribution in [0.15, 0.2) is 0 Å². The van der Waals surface area contributed by atoms with Gasteiger partial charge in [-0.3, -0.25) is 9.59 Å². The zero-order valence-corrected chi connectivity index (χ0v) is 9.52. The summed E-state index contributed by atoms with van der Waals surface area (Å²) in [6.07, 6.45) is 0.819. The van der Waals surface area contributed by atoms with Crippen LogP contribution in [-0.4, -0.2) is 38.0 Å². The fourth-order valence-corrected chi connectivity index (χ4v) is 1.66. The van der Waals surface area contributed by atoms with Gasteiger partial charge in [-0.05, 0) is 26.8 Å². The first kappa shape index (κ1) is 12.0. The first-order valence-electron chi connectivity index (χ1n) is 5.23. The molecule has 1 saturated heterocycles. The van der Waals surface area contributed by atoms with Crippen LogP contribution in [0.4, 0.5) is 0 Å². The molecule has 1 fully saturated rings. The Balaban J connectivity index is 2.51. The van der Waals surface area contributed by atoms with Crippen molar-refractivity contribution in [1.29, 1.82) is 0 Å². The molecule has 0 aromatic heterocycles. The van der Waals surface area contributed by atoms with Crippen molar-refractivity contribution in [3.63, 3.8) is 0 Å². The summed E-state index contributed by atoms with van der Waals surface area (Å²) in [6, 6.07) is -0.472. The van der Waals surface area contributed by atoms with Crippen molar-refractivity contribution in [2.45, 2.75) is 26.3 Å². The second kappa shape index (κ2) is 4.61. The highest BCUT2D eigenvalue weighted by atomic mass is 16.2. The van der Waals surface area contributed by atoms with Gasteiger partial charge in [-0.2, -0.15) is 0 Å². The monoisotopic (exact) mass is 213 g/mol. The smallest absolute Gasteiger partial charge is 0.242 e. The third kappa shape index (κ3) is 2.68. The molecule has 2 atom stereocenters. The highest BCUT2D eigenvalue weighted by molar-refractivity contribution is 5.89. The molecule has 0 radical (unpaired) electrons. The van der Waals surface area contributed by atoms with E-state index in [9.17, 15) is 9.59 Å². The highest BCUT2D eigenvalue weighted by Crippen LogP contribution is 2.24. The molecule has 1 rings (SSSR count). The summed E-state index contributed by atoms with van der Waals surface area (Å²) in [5.41, 5.74) is -0.373. The summed E-state index contributed by atoms with van der Waals surface area (Å²) in [5.74, 6) is -0.221. The van der Waals surface area contributed by atoms with E-state index in [0.717, 1.165) is 13.0 Å². The number of hydrogen-bond donors (Lipinski definition) is 3. The molecule has 0 aromatic rings. The van der Waals surface area contributed by atoms with E-state index < -0.39 is 6.04 Å². The molecule has 1 unspecified atom stereocenters. The molecule has 3 N–H and O–H groups in total. The quantitative estimate of drug-likeness (QED) is 0.577. The van der Waals surface area contributed by atoms with E-state index in [-0.39, 0.29) is 17.2 Å². The molecule has 2 amide bonds. The van der Waals surface area contributed by atoms with Crippen molar-refractivity contribution in [3.05, 3.63) is 0 Å². The molecule has 1 aliphatic rings. The Morgan fingerprint density at radius 2 is 2.13 bits per heavy atom. The Morgan fingerprint density at radius 1 is 1.47 bits per heavy atom. The van der Waals surface area contributed by atoms with Crippen LogP contribution in [0.3, 0.4) is 0 Å². The van der Waals surface area contributed by atoms with Crippen LogP contribution in [0.5, 0.6) is 0 Å². The number of nitrogens with one attached hydrogen (secondary N) is 3. The molecule has 0 bridgehead atoms. The zero-order chi connectivity index (χ0) is 11.5. The van der Waals surface area contributed by atoms with Gasteiger partial charge in [0, 0.05) is 13.6 Å². The molecule has 0 aromatic carbocycles. The minimum Gasteiger partial charge on any atom is -0.357 e. The van der Waals surface area contributed by atoms with Gasteiger partial charge in [0.15, 0.2) is 0 Å². The van der Waals surface area contributed by atoms with E-state index in [2.05, 4.69) is 16.0 Å². The van der Waals surface area contributed by atoms with Crippen LogP contribution in [0.25, 0.3) is 0 Å². The SMILES string of the molecule is CNC(=O)[C@@H](C)NC(=O)C1(C)CCNC1. The van der Waals surface area contributed by atoms with Gasteiger partial charge < -0.3 is 16.0 Å². The van der Waals surface area contributed by atoms with E-state index in [4.69, 9.17) is 0 Å². The summed E-state index contributed by atoms with van der Waals surface area (Å²) >= 11 is 0. The molecule has 86 valence electrons. The van der Waals surface area contributed by atoms with E-state index in [1.807, 2.05) is 6.92 Å². The largest absolute Gasteiger partial charge is 0.357 e. The van der Waals surface area contributed by atoms with Crippen molar-refractivity contribution in [2.24, 2.45) is 5.41 Å². The maximum atomic E-state index is 11.9. The number of amides is 2. The van der Waals surface area contributed by atoms with Gasteiger partial charge in [-0.1, -0.05) is 0 Å². The Morgan fingerprint density at radius 3 is 2.60 bits per heavy atom. The Hall–Kier alpha value is -1.10. The molecule has 5 nitrogen and oxygen atoms in total. The molecule has 15 heavy (non-hydrogen) atoms. The summed E-state index contributed by atoms with van der Waals surface area (Å²) < 4.78 is 0. The summed E-state index contributed by atoms with van der Waals surface area (Å²) in [4.78, 5) is 23.1. The van der Waals surface area contributed by atoms with Crippen LogP contribution in [0.2, 0.25) is 0 Å². The zero-order valence-electron chi connectivity index (χ0n) is 9.52. The van der Waals surface area contributed by atoms with E-state index >= 15 is 0 Å². The molecule has 0 saturated carbocycles. The Bertz CT molecular complexity index is 259. The first-order valence-corrected chi connectivity index (χ1v) is 5.23. The fraction of sp³-hybridized carbons (Fsp3) is 0.800. The lowest BCUT2D eigenvalue weighted by Crippen LogP contribution is -2.49. The summed E-state index contributed by atoms with van der Waals surface area (Å²) in [5, 5.41) is 8.37. The molecular weight excluding hydrogens is 194 g/mol. The number of carbonyl (C=O) groups is 2. The second-order valence-electron chi connectivity index (χ2n) is 4.30. The first-order chi connectivity index (χ1) is 6.99. The molecule has 1 aliphatic heterocycles. The lowest BCUT2D eigenvalue weighted by atomic mass is 9.88. The number of rotatable bonds is 3. The molecule has 0 spiro atoms. The molecule has 0 aliphatic carbocycles. The summed E-state index contributed by atoms with van der Waals surface area (Å²) in [6.45, 7) is 5.14. The highest BCUT2D eigenvalue weighted by Gasteiger charge is 2.37. The second-order valence-corrected chi connectivity index (χ2v) is 4.30. The van der Waals surface area contributed by atoms with Gasteiger partial charge in [-0.25, -0.2) is 0 Å². The van der Waals surface area contributed by atoms with Crippen molar-refractivity contribution in [3.8, 4) is 0 Å². The average molecular weight is 213 g/mol. The standard InChI is InChI=1S/C10H19N3O2/c1-7(8(14)11-3)13-9(15)10(2)4-5-12-6-10/h7,12H,4-6H2,1-3H3,(H,11,14)(H,13,15)/t7-,10?/m1/s1. The third-order valence-corrected chi connectivity index (χ3v) is 2.90. The van der Waals surface area contributed by atoms with Crippen molar-refractivity contribution in [1.82, 2.24) is 16.0 Å². The number of hydrogen-bond acceptors (Lipinski definition) is 3. The predicted octanol–water partition coefficient (Wildman–Crippen LogP) is -0.763. The van der Waals surface area contributed by atoms with Gasteiger partial charge in [0.1, 0.15) is 6.04 Å². The van der Waals surface area contributed by atoms with Gasteiger partial charge in [0.05, 0.1) is 5.41 Å². The summed E-state index contributed by atoms with van der Waals surface area (Å²) in [7, 11) is 1.56. The van der Waals surface area contributed by atoms with E-state index in [1.165, 1.54) is 0 Å². The van der Waals surface area contributed by atoms with Gasteiger partial charge >= 0.3 is 0 Å². The van der Waals surface area contributed by atoms with Crippen LogP contribution in [0, 0.1) is 5.41 Å². The van der Waals surface area contributed by atoms with Crippen LogP contribution in [0.1, 0.15) is 20.3 Å². The Kier molecular flexibility index (Phi) is 3.68. The van der Waals surface area contributed by atoms with E-state index in [1.54, 1.807) is 14.0 Å².